The first-order valence-electron chi connectivity index (χ1n) is 7.29. The Balaban J connectivity index is 1.94. The summed E-state index contributed by atoms with van der Waals surface area (Å²) in [4.78, 5) is 0.0287. The van der Waals surface area contributed by atoms with Gasteiger partial charge in [0.25, 0.3) is 0 Å². The van der Waals surface area contributed by atoms with Crippen LogP contribution in [0.1, 0.15) is 23.5 Å². The number of hydrogen-bond donors (Lipinski definition) is 1. The van der Waals surface area contributed by atoms with Gasteiger partial charge in [0.2, 0.25) is 0 Å². The van der Waals surface area contributed by atoms with Crippen molar-refractivity contribution in [2.24, 2.45) is 0 Å². The van der Waals surface area contributed by atoms with E-state index in [0.717, 1.165) is 0 Å². The zero-order valence-electron chi connectivity index (χ0n) is 11.7. The molecule has 2 aromatic carbocycles. The Morgan fingerprint density at radius 2 is 1.48 bits per heavy atom. The van der Waals surface area contributed by atoms with Crippen molar-refractivity contribution >= 4 is 15.9 Å². The monoisotopic (exact) mass is 346 g/mol. The van der Waals surface area contributed by atoms with E-state index in [1.165, 1.54) is 11.1 Å². The number of rotatable bonds is 3. The molecule has 0 aliphatic carbocycles. The van der Waals surface area contributed by atoms with Crippen molar-refractivity contribution in [2.45, 2.75) is 29.4 Å². The molecule has 3 heteroatoms. The molecular formula is C18H19BrO2. The predicted octanol–water partition coefficient (Wildman–Crippen LogP) is 3.73. The summed E-state index contributed by atoms with van der Waals surface area (Å²) in [6.07, 6.45) is 0.280. The second kappa shape index (κ2) is 6.73. The van der Waals surface area contributed by atoms with E-state index >= 15 is 0 Å². The molecule has 3 atom stereocenters. The summed E-state index contributed by atoms with van der Waals surface area (Å²) < 4.78 is 6.02. The maximum Gasteiger partial charge on any atom is 0.0712 e. The second-order valence-electron chi connectivity index (χ2n) is 5.49. The first-order chi connectivity index (χ1) is 10.3. The van der Waals surface area contributed by atoms with E-state index in [9.17, 15) is 5.11 Å². The van der Waals surface area contributed by atoms with Gasteiger partial charge in [-0.1, -0.05) is 76.6 Å². The fourth-order valence-electron chi connectivity index (χ4n) is 2.96. The molecule has 1 fully saturated rings. The van der Waals surface area contributed by atoms with Crippen LogP contribution in [0.25, 0.3) is 0 Å². The van der Waals surface area contributed by atoms with Gasteiger partial charge in [-0.3, -0.25) is 0 Å². The molecule has 0 radical (unpaired) electrons. The summed E-state index contributed by atoms with van der Waals surface area (Å²) in [5.41, 5.74) is 2.46. The molecule has 1 N–H and O–H groups in total. The molecule has 0 aromatic heterocycles. The largest absolute Gasteiger partial charge is 0.392 e. The normalized spacial score (nSPS) is 26.0. The molecule has 2 nitrogen and oxygen atoms in total. The van der Waals surface area contributed by atoms with Crippen LogP contribution in [0.4, 0.5) is 0 Å². The second-order valence-corrected chi connectivity index (χ2v) is 6.67. The molecule has 110 valence electrons. The molecule has 2 aromatic rings. The Morgan fingerprint density at radius 3 is 1.95 bits per heavy atom. The average Bonchev–Trinajstić information content (AvgIpc) is 2.53. The van der Waals surface area contributed by atoms with E-state index in [0.29, 0.717) is 13.0 Å². The van der Waals surface area contributed by atoms with E-state index in [1.807, 2.05) is 12.1 Å². The van der Waals surface area contributed by atoms with E-state index in [-0.39, 0.29) is 23.0 Å². The molecule has 0 bridgehead atoms. The molecule has 0 unspecified atom stereocenters. The van der Waals surface area contributed by atoms with Crippen LogP contribution in [-0.4, -0.2) is 28.7 Å². The average molecular weight is 347 g/mol. The summed E-state index contributed by atoms with van der Waals surface area (Å²) in [7, 11) is 0. The van der Waals surface area contributed by atoms with Crippen LogP contribution in [0, 0.1) is 0 Å². The van der Waals surface area contributed by atoms with Gasteiger partial charge in [-0.15, -0.1) is 0 Å². The molecule has 3 rings (SSSR count). The molecule has 1 aliphatic rings. The fraction of sp³-hybridized carbons (Fsp3) is 0.333. The Bertz CT molecular complexity index is 518. The maximum atomic E-state index is 10.2. The molecule has 0 saturated carbocycles. The molecule has 0 spiro atoms. The van der Waals surface area contributed by atoms with Gasteiger partial charge in [0.05, 0.1) is 23.6 Å². The third kappa shape index (κ3) is 3.37. The van der Waals surface area contributed by atoms with Gasteiger partial charge in [-0.05, 0) is 11.1 Å². The Labute approximate surface area is 133 Å². The molecule has 21 heavy (non-hydrogen) atoms. The predicted molar refractivity (Wildman–Crippen MR) is 87.8 cm³/mol. The van der Waals surface area contributed by atoms with Crippen molar-refractivity contribution in [3.05, 3.63) is 71.8 Å². The number of aliphatic hydroxyl groups excluding tert-OH is 1. The lowest BCUT2D eigenvalue weighted by atomic mass is 9.83. The van der Waals surface area contributed by atoms with E-state index < -0.39 is 0 Å². The maximum absolute atomic E-state index is 10.2. The number of benzene rings is 2. The van der Waals surface area contributed by atoms with Gasteiger partial charge in [0.15, 0.2) is 0 Å². The smallest absolute Gasteiger partial charge is 0.0712 e. The minimum Gasteiger partial charge on any atom is -0.392 e. The molecule has 1 saturated heterocycles. The SMILES string of the molecule is O[C@@H]1C[C@@H](C(c2ccccc2)c2ccccc2)OC[C@H]1Br. The lowest BCUT2D eigenvalue weighted by Crippen LogP contribution is -2.40. The number of alkyl halides is 1. The molecular weight excluding hydrogens is 328 g/mol. The van der Waals surface area contributed by atoms with Gasteiger partial charge < -0.3 is 9.84 Å². The van der Waals surface area contributed by atoms with Crippen molar-refractivity contribution in [2.75, 3.05) is 6.61 Å². The van der Waals surface area contributed by atoms with Gasteiger partial charge >= 0.3 is 0 Å². The third-order valence-electron chi connectivity index (χ3n) is 4.05. The highest BCUT2D eigenvalue weighted by Crippen LogP contribution is 2.35. The van der Waals surface area contributed by atoms with Crippen molar-refractivity contribution in [1.29, 1.82) is 0 Å². The van der Waals surface area contributed by atoms with Gasteiger partial charge in [0, 0.05) is 12.3 Å². The number of hydrogen-bond acceptors (Lipinski definition) is 2. The van der Waals surface area contributed by atoms with Crippen LogP contribution in [0.15, 0.2) is 60.7 Å². The minimum absolute atomic E-state index is 0.00130. The van der Waals surface area contributed by atoms with Gasteiger partial charge in [-0.2, -0.15) is 0 Å². The number of halogens is 1. The molecule has 0 amide bonds. The van der Waals surface area contributed by atoms with Gasteiger partial charge in [0.1, 0.15) is 0 Å². The summed E-state index contributed by atoms with van der Waals surface area (Å²) in [6.45, 7) is 0.544. The van der Waals surface area contributed by atoms with Crippen LogP contribution >= 0.6 is 15.9 Å². The summed E-state index contributed by atoms with van der Waals surface area (Å²) in [5, 5.41) is 10.2. The Morgan fingerprint density at radius 1 is 0.952 bits per heavy atom. The Hall–Kier alpha value is -1.16. The quantitative estimate of drug-likeness (QED) is 0.858. The first-order valence-corrected chi connectivity index (χ1v) is 8.21. The highest BCUT2D eigenvalue weighted by molar-refractivity contribution is 9.09. The van der Waals surface area contributed by atoms with Crippen molar-refractivity contribution in [3.8, 4) is 0 Å². The van der Waals surface area contributed by atoms with Crippen molar-refractivity contribution < 1.29 is 9.84 Å². The van der Waals surface area contributed by atoms with Crippen LogP contribution in [0.3, 0.4) is 0 Å². The van der Waals surface area contributed by atoms with Gasteiger partial charge in [-0.25, -0.2) is 0 Å². The highest BCUT2D eigenvalue weighted by atomic mass is 79.9. The summed E-state index contributed by atoms with van der Waals surface area (Å²) >= 11 is 3.47. The lowest BCUT2D eigenvalue weighted by Gasteiger charge is -2.35. The minimum atomic E-state index is -0.362. The van der Waals surface area contributed by atoms with Crippen LogP contribution in [-0.2, 0) is 4.74 Å². The topological polar surface area (TPSA) is 29.5 Å². The highest BCUT2D eigenvalue weighted by Gasteiger charge is 2.34. The summed E-state index contributed by atoms with van der Waals surface area (Å²) in [6, 6.07) is 20.8. The van der Waals surface area contributed by atoms with E-state index in [1.54, 1.807) is 0 Å². The van der Waals surface area contributed by atoms with Crippen LogP contribution in [0.5, 0.6) is 0 Å². The lowest BCUT2D eigenvalue weighted by molar-refractivity contribution is -0.0433. The van der Waals surface area contributed by atoms with Crippen molar-refractivity contribution in [1.82, 2.24) is 0 Å². The zero-order valence-corrected chi connectivity index (χ0v) is 13.3. The Kier molecular flexibility index (Phi) is 4.73. The fourth-order valence-corrected chi connectivity index (χ4v) is 3.32. The zero-order chi connectivity index (χ0) is 14.7. The molecule has 1 aliphatic heterocycles. The van der Waals surface area contributed by atoms with E-state index in [2.05, 4.69) is 64.5 Å². The summed E-state index contributed by atoms with van der Waals surface area (Å²) in [5.74, 6) is 0.155. The van der Waals surface area contributed by atoms with Crippen molar-refractivity contribution in [3.63, 3.8) is 0 Å². The third-order valence-corrected chi connectivity index (χ3v) is 4.92. The van der Waals surface area contributed by atoms with Crippen LogP contribution < -0.4 is 0 Å². The number of ether oxygens (including phenoxy) is 1. The molecule has 1 heterocycles. The van der Waals surface area contributed by atoms with E-state index in [4.69, 9.17) is 4.74 Å². The van der Waals surface area contributed by atoms with Crippen LogP contribution in [0.2, 0.25) is 0 Å². The number of aliphatic hydroxyl groups is 1. The first kappa shape index (κ1) is 14.8. The standard InChI is InChI=1S/C18H19BrO2/c19-15-12-21-17(11-16(15)20)18(13-7-3-1-4-8-13)14-9-5-2-6-10-14/h1-10,15-18,20H,11-12H2/t15-,16-,17+/m1/s1.